The van der Waals surface area contributed by atoms with Crippen molar-refractivity contribution in [2.75, 3.05) is 19.7 Å². The van der Waals surface area contributed by atoms with E-state index >= 15 is 0 Å². The number of hydrogen-bond acceptors (Lipinski definition) is 7. The summed E-state index contributed by atoms with van der Waals surface area (Å²) in [6, 6.07) is 31.0. The molecule has 4 aromatic carbocycles. The van der Waals surface area contributed by atoms with Crippen molar-refractivity contribution in [3.05, 3.63) is 130 Å². The minimum atomic E-state index is -0.564. The monoisotopic (exact) mass is 618 g/mol. The van der Waals surface area contributed by atoms with E-state index in [0.717, 1.165) is 59.3 Å². The maximum Gasteiger partial charge on any atom is 0.261 e. The van der Waals surface area contributed by atoms with Crippen LogP contribution in [-0.4, -0.2) is 63.7 Å². The standard InChI is InChI=1S/C38H38N2O6/c41-23-25-10-12-28(13-11-25)35-20-32(22-39-18-4-7-31(39)24-42)45-38(46-35)29-16-14-27(15-17-29)30-6-3-5-26(19-30)21-40-36(43)33-8-1-2-9-34(33)37(40)44/h1-3,5-6,8-17,19,31-32,35,38,41-42H,4,7,18,20-24H2/t31-,32+,35-,38-/m0/s1. The second-order valence-electron chi connectivity index (χ2n) is 12.4. The fraction of sp³-hybridized carbons (Fsp3) is 0.316. The Hall–Kier alpha value is -4.18. The third-order valence-electron chi connectivity index (χ3n) is 9.42. The molecule has 2 N–H and O–H groups in total. The Labute approximate surface area is 268 Å². The molecule has 3 aliphatic rings. The summed E-state index contributed by atoms with van der Waals surface area (Å²) in [6.45, 7) is 2.04. The van der Waals surface area contributed by atoms with Gasteiger partial charge in [0.2, 0.25) is 0 Å². The fourth-order valence-corrected chi connectivity index (χ4v) is 6.88. The number of hydrogen-bond donors (Lipinski definition) is 2. The van der Waals surface area contributed by atoms with Gasteiger partial charge in [-0.05, 0) is 65.4 Å². The molecule has 3 heterocycles. The molecule has 0 aliphatic carbocycles. The van der Waals surface area contributed by atoms with Crippen LogP contribution in [0.25, 0.3) is 11.1 Å². The van der Waals surface area contributed by atoms with Crippen molar-refractivity contribution in [2.24, 2.45) is 0 Å². The second-order valence-corrected chi connectivity index (χ2v) is 12.4. The predicted molar refractivity (Wildman–Crippen MR) is 173 cm³/mol. The van der Waals surface area contributed by atoms with E-state index in [1.807, 2.05) is 72.8 Å². The molecule has 0 spiro atoms. The van der Waals surface area contributed by atoms with E-state index in [0.29, 0.717) is 17.5 Å². The van der Waals surface area contributed by atoms with E-state index in [1.165, 1.54) is 4.90 Å². The number of amides is 2. The van der Waals surface area contributed by atoms with E-state index in [4.69, 9.17) is 9.47 Å². The Balaban J connectivity index is 1.08. The molecule has 0 aromatic heterocycles. The Kier molecular flexibility index (Phi) is 8.80. The molecule has 2 fully saturated rings. The molecule has 2 saturated heterocycles. The minimum absolute atomic E-state index is 0.00427. The average molecular weight is 619 g/mol. The number of aliphatic hydroxyl groups is 2. The molecule has 46 heavy (non-hydrogen) atoms. The minimum Gasteiger partial charge on any atom is -0.395 e. The normalized spacial score (nSPS) is 23.2. The summed E-state index contributed by atoms with van der Waals surface area (Å²) in [5.41, 5.74) is 6.56. The van der Waals surface area contributed by atoms with Crippen LogP contribution in [0.2, 0.25) is 0 Å². The summed E-state index contributed by atoms with van der Waals surface area (Å²) in [6.07, 6.45) is 1.95. The van der Waals surface area contributed by atoms with Crippen LogP contribution in [0.4, 0.5) is 0 Å². The van der Waals surface area contributed by atoms with Gasteiger partial charge in [0, 0.05) is 24.6 Å². The Bertz CT molecular complexity index is 1670. The van der Waals surface area contributed by atoms with Gasteiger partial charge < -0.3 is 19.7 Å². The van der Waals surface area contributed by atoms with Crippen LogP contribution in [0.3, 0.4) is 0 Å². The first kappa shape index (κ1) is 30.5. The predicted octanol–water partition coefficient (Wildman–Crippen LogP) is 5.64. The first-order chi connectivity index (χ1) is 22.5. The summed E-state index contributed by atoms with van der Waals surface area (Å²) < 4.78 is 13.1. The Morgan fingerprint density at radius 3 is 2.15 bits per heavy atom. The third kappa shape index (κ3) is 6.15. The van der Waals surface area contributed by atoms with Crippen molar-refractivity contribution in [3.8, 4) is 11.1 Å². The smallest absolute Gasteiger partial charge is 0.261 e. The van der Waals surface area contributed by atoms with E-state index in [-0.39, 0.29) is 49.8 Å². The molecule has 0 saturated carbocycles. The van der Waals surface area contributed by atoms with Crippen molar-refractivity contribution in [3.63, 3.8) is 0 Å². The number of carbonyl (C=O) groups is 2. The largest absolute Gasteiger partial charge is 0.395 e. The lowest BCUT2D eigenvalue weighted by Gasteiger charge is -2.38. The van der Waals surface area contributed by atoms with Gasteiger partial charge in [-0.15, -0.1) is 0 Å². The molecule has 8 heteroatoms. The van der Waals surface area contributed by atoms with Gasteiger partial charge in [-0.1, -0.05) is 78.9 Å². The molecule has 4 aromatic rings. The van der Waals surface area contributed by atoms with Crippen LogP contribution < -0.4 is 0 Å². The first-order valence-corrected chi connectivity index (χ1v) is 16.0. The van der Waals surface area contributed by atoms with Crippen LogP contribution in [0, 0.1) is 0 Å². The summed E-state index contributed by atoms with van der Waals surface area (Å²) in [7, 11) is 0. The lowest BCUT2D eigenvalue weighted by atomic mass is 9.98. The summed E-state index contributed by atoms with van der Waals surface area (Å²) in [4.78, 5) is 29.4. The van der Waals surface area contributed by atoms with Crippen molar-refractivity contribution < 1.29 is 29.3 Å². The van der Waals surface area contributed by atoms with Crippen LogP contribution in [-0.2, 0) is 22.6 Å². The quantitative estimate of drug-likeness (QED) is 0.234. The number of likely N-dealkylation sites (tertiary alicyclic amines) is 1. The molecule has 3 aliphatic heterocycles. The summed E-state index contributed by atoms with van der Waals surface area (Å²) >= 11 is 0. The number of rotatable bonds is 9. The number of imide groups is 1. The number of fused-ring (bicyclic) bond motifs is 1. The molecule has 7 rings (SSSR count). The number of aliphatic hydroxyl groups excluding tert-OH is 2. The van der Waals surface area contributed by atoms with Crippen LogP contribution in [0.5, 0.6) is 0 Å². The summed E-state index contributed by atoms with van der Waals surface area (Å²) in [5.74, 6) is -0.527. The van der Waals surface area contributed by atoms with Gasteiger partial charge in [0.25, 0.3) is 11.8 Å². The molecule has 8 nitrogen and oxygen atoms in total. The van der Waals surface area contributed by atoms with Crippen molar-refractivity contribution in [1.82, 2.24) is 9.80 Å². The number of nitrogens with zero attached hydrogens (tertiary/aromatic N) is 2. The maximum atomic E-state index is 12.9. The van der Waals surface area contributed by atoms with Crippen LogP contribution in [0.1, 0.15) is 74.6 Å². The van der Waals surface area contributed by atoms with Crippen molar-refractivity contribution in [2.45, 2.75) is 57.0 Å². The highest BCUT2D eigenvalue weighted by Gasteiger charge is 2.36. The van der Waals surface area contributed by atoms with E-state index in [1.54, 1.807) is 24.3 Å². The zero-order valence-corrected chi connectivity index (χ0v) is 25.6. The topological polar surface area (TPSA) is 99.5 Å². The molecular weight excluding hydrogens is 580 g/mol. The van der Waals surface area contributed by atoms with Gasteiger partial charge >= 0.3 is 0 Å². The van der Waals surface area contributed by atoms with Gasteiger partial charge in [0.1, 0.15) is 0 Å². The average Bonchev–Trinajstić information content (AvgIpc) is 3.66. The lowest BCUT2D eigenvalue weighted by molar-refractivity contribution is -0.253. The van der Waals surface area contributed by atoms with Gasteiger partial charge in [0.05, 0.1) is 43.1 Å². The zero-order chi connectivity index (χ0) is 31.6. The molecule has 0 radical (unpaired) electrons. The second kappa shape index (κ2) is 13.3. The van der Waals surface area contributed by atoms with Crippen LogP contribution >= 0.6 is 0 Å². The molecule has 0 unspecified atom stereocenters. The van der Waals surface area contributed by atoms with Gasteiger partial charge in [-0.3, -0.25) is 19.4 Å². The van der Waals surface area contributed by atoms with Gasteiger partial charge in [0.15, 0.2) is 6.29 Å². The third-order valence-corrected chi connectivity index (χ3v) is 9.42. The van der Waals surface area contributed by atoms with E-state index < -0.39 is 6.29 Å². The van der Waals surface area contributed by atoms with Crippen molar-refractivity contribution >= 4 is 11.8 Å². The lowest BCUT2D eigenvalue weighted by Crippen LogP contribution is -2.42. The number of benzene rings is 4. The zero-order valence-electron chi connectivity index (χ0n) is 25.6. The number of carbonyl (C=O) groups excluding carboxylic acids is 2. The maximum absolute atomic E-state index is 12.9. The SMILES string of the molecule is O=C1c2ccccc2C(=O)N1Cc1cccc(-c2ccc([C@H]3O[C@@H](CN4CCC[C@H]4CO)C[C@@H](c4ccc(CO)cc4)O3)cc2)c1. The first-order valence-electron chi connectivity index (χ1n) is 16.0. The molecule has 0 bridgehead atoms. The number of ether oxygens (including phenoxy) is 2. The molecular formula is C38H38N2O6. The fourth-order valence-electron chi connectivity index (χ4n) is 6.88. The van der Waals surface area contributed by atoms with Gasteiger partial charge in [-0.2, -0.15) is 0 Å². The Morgan fingerprint density at radius 2 is 1.46 bits per heavy atom. The Morgan fingerprint density at radius 1 is 0.739 bits per heavy atom. The molecule has 236 valence electrons. The highest BCUT2D eigenvalue weighted by atomic mass is 16.7. The molecule has 4 atom stereocenters. The summed E-state index contributed by atoms with van der Waals surface area (Å²) in [5, 5.41) is 19.4. The van der Waals surface area contributed by atoms with E-state index in [9.17, 15) is 19.8 Å². The molecule has 2 amide bonds. The van der Waals surface area contributed by atoms with Crippen LogP contribution in [0.15, 0.2) is 97.1 Å². The van der Waals surface area contributed by atoms with E-state index in [2.05, 4.69) is 4.90 Å². The highest BCUT2D eigenvalue weighted by molar-refractivity contribution is 6.21. The highest BCUT2D eigenvalue weighted by Crippen LogP contribution is 2.39. The van der Waals surface area contributed by atoms with Crippen molar-refractivity contribution in [1.29, 1.82) is 0 Å². The van der Waals surface area contributed by atoms with Gasteiger partial charge in [-0.25, -0.2) is 0 Å².